The fraction of sp³-hybridized carbons (Fsp3) is 0.444. The molecule has 2 heterocycles. The highest BCUT2D eigenvalue weighted by molar-refractivity contribution is 7.88. The first-order valence-electron chi connectivity index (χ1n) is 8.25. The quantitative estimate of drug-likeness (QED) is 0.838. The number of sulfonamides is 1. The van der Waals surface area contributed by atoms with Crippen LogP contribution in [-0.4, -0.2) is 62.0 Å². The number of piperazine rings is 1. The van der Waals surface area contributed by atoms with Gasteiger partial charge in [-0.1, -0.05) is 36.4 Å². The second-order valence-electron chi connectivity index (χ2n) is 6.47. The first-order chi connectivity index (χ1) is 11.4. The highest BCUT2D eigenvalue weighted by Crippen LogP contribution is 2.31. The van der Waals surface area contributed by atoms with Gasteiger partial charge in [0, 0.05) is 33.2 Å². The van der Waals surface area contributed by atoms with Crippen LogP contribution in [0.2, 0.25) is 0 Å². The molecule has 0 saturated carbocycles. The Kier molecular flexibility index (Phi) is 4.69. The Labute approximate surface area is 144 Å². The second-order valence-corrected chi connectivity index (χ2v) is 8.45. The Morgan fingerprint density at radius 3 is 2.38 bits per heavy atom. The third-order valence-corrected chi connectivity index (χ3v) is 6.16. The minimum absolute atomic E-state index is 0.208. The lowest BCUT2D eigenvalue weighted by atomic mass is 9.98. The van der Waals surface area contributed by atoms with Gasteiger partial charge in [0.15, 0.2) is 0 Å². The van der Waals surface area contributed by atoms with E-state index >= 15 is 0 Å². The molecule has 1 aromatic rings. The standard InChI is InChI=1S/C18H25N3O2S/c1-15-7-4-5-8-16(15)17-9-6-10-18(19(17)2)20-11-13-21(14-12-20)24(3,22)23/h4-10,17H,11-14H2,1-3H3. The van der Waals surface area contributed by atoms with Crippen LogP contribution in [0, 0.1) is 6.92 Å². The Morgan fingerprint density at radius 2 is 1.75 bits per heavy atom. The first kappa shape index (κ1) is 17.0. The molecule has 0 aliphatic carbocycles. The van der Waals surface area contributed by atoms with Crippen LogP contribution in [0.5, 0.6) is 0 Å². The van der Waals surface area contributed by atoms with Crippen molar-refractivity contribution in [2.75, 3.05) is 39.5 Å². The molecule has 2 aliphatic heterocycles. The topological polar surface area (TPSA) is 43.9 Å². The SMILES string of the molecule is Cc1ccccc1C1C=CC=C(N2CCN(S(C)(=O)=O)CC2)N1C. The first-order valence-corrected chi connectivity index (χ1v) is 10.1. The average molecular weight is 347 g/mol. The zero-order valence-corrected chi connectivity index (χ0v) is 15.3. The summed E-state index contributed by atoms with van der Waals surface area (Å²) in [5.41, 5.74) is 2.58. The molecule has 0 aromatic heterocycles. The van der Waals surface area contributed by atoms with E-state index in [2.05, 4.69) is 66.3 Å². The lowest BCUT2D eigenvalue weighted by molar-refractivity contribution is 0.162. The summed E-state index contributed by atoms with van der Waals surface area (Å²) in [5, 5.41) is 0. The van der Waals surface area contributed by atoms with E-state index in [9.17, 15) is 8.42 Å². The minimum atomic E-state index is -3.09. The molecule has 2 aliphatic rings. The molecule has 0 radical (unpaired) electrons. The number of likely N-dealkylation sites (N-methyl/N-ethyl adjacent to an activating group) is 1. The Hall–Kier alpha value is -1.79. The summed E-state index contributed by atoms with van der Waals surface area (Å²) in [6.07, 6.45) is 7.71. The monoisotopic (exact) mass is 347 g/mol. The highest BCUT2D eigenvalue weighted by Gasteiger charge is 2.28. The molecule has 3 rings (SSSR count). The van der Waals surface area contributed by atoms with Gasteiger partial charge in [-0.05, 0) is 24.1 Å². The number of rotatable bonds is 3. The molecule has 0 bridgehead atoms. The van der Waals surface area contributed by atoms with Gasteiger partial charge in [0.1, 0.15) is 5.82 Å². The summed E-state index contributed by atoms with van der Waals surface area (Å²) in [6.45, 7) is 4.67. The molecule has 6 heteroatoms. The van der Waals surface area contributed by atoms with Gasteiger partial charge in [0.2, 0.25) is 10.0 Å². The maximum Gasteiger partial charge on any atom is 0.211 e. The van der Waals surface area contributed by atoms with Crippen LogP contribution in [0.15, 0.2) is 48.3 Å². The third kappa shape index (κ3) is 3.35. The van der Waals surface area contributed by atoms with Gasteiger partial charge in [-0.3, -0.25) is 0 Å². The molecule has 5 nitrogen and oxygen atoms in total. The molecule has 0 N–H and O–H groups in total. The molecule has 1 saturated heterocycles. The third-order valence-electron chi connectivity index (χ3n) is 4.86. The molecule has 1 aromatic carbocycles. The number of nitrogens with zero attached hydrogens (tertiary/aromatic N) is 3. The van der Waals surface area contributed by atoms with Crippen molar-refractivity contribution < 1.29 is 8.42 Å². The van der Waals surface area contributed by atoms with Gasteiger partial charge < -0.3 is 9.80 Å². The predicted molar refractivity (Wildman–Crippen MR) is 96.9 cm³/mol. The molecule has 1 fully saturated rings. The van der Waals surface area contributed by atoms with Gasteiger partial charge in [0.05, 0.1) is 12.3 Å². The average Bonchev–Trinajstić information content (AvgIpc) is 2.55. The molecule has 130 valence electrons. The summed E-state index contributed by atoms with van der Waals surface area (Å²) >= 11 is 0. The van der Waals surface area contributed by atoms with Crippen LogP contribution >= 0.6 is 0 Å². The van der Waals surface area contributed by atoms with E-state index in [4.69, 9.17) is 0 Å². The summed E-state index contributed by atoms with van der Waals surface area (Å²) in [6, 6.07) is 8.66. The van der Waals surface area contributed by atoms with E-state index < -0.39 is 10.0 Å². The van der Waals surface area contributed by atoms with Crippen LogP contribution in [0.3, 0.4) is 0 Å². The van der Waals surface area contributed by atoms with E-state index in [0.29, 0.717) is 13.1 Å². The summed E-state index contributed by atoms with van der Waals surface area (Å²) in [4.78, 5) is 4.55. The van der Waals surface area contributed by atoms with Crippen LogP contribution < -0.4 is 0 Å². The maximum absolute atomic E-state index is 11.7. The predicted octanol–water partition coefficient (Wildman–Crippen LogP) is 1.96. The molecule has 24 heavy (non-hydrogen) atoms. The number of hydrogen-bond acceptors (Lipinski definition) is 4. The van der Waals surface area contributed by atoms with E-state index in [-0.39, 0.29) is 6.04 Å². The molecular formula is C18H25N3O2S. The number of hydrogen-bond donors (Lipinski definition) is 0. The maximum atomic E-state index is 11.7. The highest BCUT2D eigenvalue weighted by atomic mass is 32.2. The van der Waals surface area contributed by atoms with E-state index in [1.54, 1.807) is 4.31 Å². The van der Waals surface area contributed by atoms with Crippen molar-refractivity contribution >= 4 is 10.0 Å². The molecule has 1 unspecified atom stereocenters. The van der Waals surface area contributed by atoms with Gasteiger partial charge in [-0.15, -0.1) is 0 Å². The Bertz CT molecular complexity index is 762. The van der Waals surface area contributed by atoms with E-state index in [1.807, 2.05) is 0 Å². The molecule has 1 atom stereocenters. The minimum Gasteiger partial charge on any atom is -0.356 e. The second kappa shape index (κ2) is 6.61. The summed E-state index contributed by atoms with van der Waals surface area (Å²) in [7, 11) is -0.987. The van der Waals surface area contributed by atoms with Gasteiger partial charge in [-0.25, -0.2) is 8.42 Å². The fourth-order valence-electron chi connectivity index (χ4n) is 3.44. The van der Waals surface area contributed by atoms with Crippen LogP contribution in [0.4, 0.5) is 0 Å². The Morgan fingerprint density at radius 1 is 1.08 bits per heavy atom. The van der Waals surface area contributed by atoms with Crippen molar-refractivity contribution in [2.45, 2.75) is 13.0 Å². The van der Waals surface area contributed by atoms with Crippen molar-refractivity contribution in [2.24, 2.45) is 0 Å². The summed E-state index contributed by atoms with van der Waals surface area (Å²) in [5.74, 6) is 1.15. The zero-order chi connectivity index (χ0) is 17.3. The lowest BCUT2D eigenvalue weighted by Gasteiger charge is -2.42. The lowest BCUT2D eigenvalue weighted by Crippen LogP contribution is -2.50. The van der Waals surface area contributed by atoms with Crippen molar-refractivity contribution in [3.05, 3.63) is 59.4 Å². The van der Waals surface area contributed by atoms with Gasteiger partial charge >= 0.3 is 0 Å². The van der Waals surface area contributed by atoms with Crippen LogP contribution in [0.25, 0.3) is 0 Å². The summed E-state index contributed by atoms with van der Waals surface area (Å²) < 4.78 is 24.9. The number of benzene rings is 1. The van der Waals surface area contributed by atoms with Crippen LogP contribution in [0.1, 0.15) is 17.2 Å². The van der Waals surface area contributed by atoms with Gasteiger partial charge in [-0.2, -0.15) is 4.31 Å². The number of aryl methyl sites for hydroxylation is 1. The largest absolute Gasteiger partial charge is 0.356 e. The van der Waals surface area contributed by atoms with Crippen molar-refractivity contribution in [3.63, 3.8) is 0 Å². The number of allylic oxidation sites excluding steroid dienone is 2. The van der Waals surface area contributed by atoms with Crippen molar-refractivity contribution in [3.8, 4) is 0 Å². The van der Waals surface area contributed by atoms with E-state index in [1.165, 1.54) is 17.4 Å². The normalized spacial score (nSPS) is 22.6. The Balaban J connectivity index is 1.75. The van der Waals surface area contributed by atoms with Gasteiger partial charge in [0.25, 0.3) is 0 Å². The van der Waals surface area contributed by atoms with Crippen molar-refractivity contribution in [1.82, 2.24) is 14.1 Å². The van der Waals surface area contributed by atoms with Crippen molar-refractivity contribution in [1.29, 1.82) is 0 Å². The molecule has 0 spiro atoms. The molecule has 0 amide bonds. The van der Waals surface area contributed by atoms with E-state index in [0.717, 1.165) is 18.9 Å². The van der Waals surface area contributed by atoms with Crippen LogP contribution in [-0.2, 0) is 10.0 Å². The molecular weight excluding hydrogens is 322 g/mol. The fourth-order valence-corrected chi connectivity index (χ4v) is 4.27. The zero-order valence-electron chi connectivity index (χ0n) is 14.5. The smallest absolute Gasteiger partial charge is 0.211 e.